The smallest absolute Gasteiger partial charge is 0.255 e. The summed E-state index contributed by atoms with van der Waals surface area (Å²) in [6.45, 7) is 7.86. The molecule has 0 radical (unpaired) electrons. The largest absolute Gasteiger partial charge is 0.321 e. The van der Waals surface area contributed by atoms with E-state index in [1.165, 1.54) is 29.5 Å². The Bertz CT molecular complexity index is 1040. The van der Waals surface area contributed by atoms with Crippen molar-refractivity contribution in [2.24, 2.45) is 5.10 Å². The number of nitrogens with zero attached hydrogens (tertiary/aromatic N) is 2. The number of benzene rings is 2. The number of hydrogen-bond donors (Lipinski definition) is 2. The van der Waals surface area contributed by atoms with Crippen LogP contribution in [0.15, 0.2) is 35.4 Å². The Labute approximate surface area is 161 Å². The Morgan fingerprint density at radius 3 is 2.78 bits per heavy atom. The fourth-order valence-corrected chi connectivity index (χ4v) is 3.56. The van der Waals surface area contributed by atoms with Crippen molar-refractivity contribution in [3.8, 4) is 0 Å². The molecular weight excluding hydrogens is 363 g/mol. The monoisotopic (exact) mass is 384 g/mol. The van der Waals surface area contributed by atoms with Crippen LogP contribution in [0.25, 0.3) is 10.2 Å². The maximum Gasteiger partial charge on any atom is 0.255 e. The summed E-state index contributed by atoms with van der Waals surface area (Å²) < 4.78 is 14.4. The predicted octanol–water partition coefficient (Wildman–Crippen LogP) is 5.50. The second-order valence-electron chi connectivity index (χ2n) is 6.34. The van der Waals surface area contributed by atoms with Crippen molar-refractivity contribution in [3.63, 3.8) is 0 Å². The zero-order valence-corrected chi connectivity index (χ0v) is 16.5. The number of carbonyl (C=O) groups excluding carboxylic acids is 1. The van der Waals surface area contributed by atoms with Crippen molar-refractivity contribution >= 4 is 44.0 Å². The second kappa shape index (κ2) is 7.84. The number of halogens is 1. The number of fused-ring (bicyclic) bond motifs is 1. The van der Waals surface area contributed by atoms with Gasteiger partial charge in [0.25, 0.3) is 5.91 Å². The third-order valence-corrected chi connectivity index (χ3v) is 5.39. The molecule has 3 rings (SSSR count). The number of rotatable bonds is 5. The van der Waals surface area contributed by atoms with Gasteiger partial charge in [-0.3, -0.25) is 10.2 Å². The van der Waals surface area contributed by atoms with Gasteiger partial charge >= 0.3 is 0 Å². The van der Waals surface area contributed by atoms with E-state index in [0.717, 1.165) is 39.2 Å². The first-order chi connectivity index (χ1) is 12.9. The van der Waals surface area contributed by atoms with Crippen LogP contribution in [-0.2, 0) is 0 Å². The van der Waals surface area contributed by atoms with Crippen molar-refractivity contribution in [1.29, 1.82) is 0 Å². The van der Waals surface area contributed by atoms with E-state index in [2.05, 4.69) is 20.8 Å². The molecule has 140 valence electrons. The number of aryl methyl sites for hydroxylation is 2. The van der Waals surface area contributed by atoms with Crippen molar-refractivity contribution < 1.29 is 9.18 Å². The van der Waals surface area contributed by atoms with Crippen LogP contribution in [0.1, 0.15) is 41.8 Å². The minimum absolute atomic E-state index is 0.282. The van der Waals surface area contributed by atoms with E-state index < -0.39 is 5.82 Å². The van der Waals surface area contributed by atoms with E-state index in [0.29, 0.717) is 5.13 Å². The van der Waals surface area contributed by atoms with E-state index in [1.807, 2.05) is 33.8 Å². The number of hydrogen-bond acceptors (Lipinski definition) is 5. The topological polar surface area (TPSA) is 66.4 Å². The molecule has 5 nitrogen and oxygen atoms in total. The first-order valence-corrected chi connectivity index (χ1v) is 9.47. The highest BCUT2D eigenvalue weighted by molar-refractivity contribution is 7.22. The summed E-state index contributed by atoms with van der Waals surface area (Å²) in [5.41, 5.74) is 7.66. The summed E-state index contributed by atoms with van der Waals surface area (Å²) in [5.74, 6) is -0.779. The molecule has 2 aromatic carbocycles. The molecule has 0 fully saturated rings. The number of amides is 1. The SMILES string of the molecule is CC/C(C)=N/Nc1nc2cc(C)c(NC(=O)c3cccc(F)c3)c(C)c2s1. The van der Waals surface area contributed by atoms with Gasteiger partial charge in [0.15, 0.2) is 0 Å². The van der Waals surface area contributed by atoms with Crippen LogP contribution in [-0.4, -0.2) is 16.6 Å². The first-order valence-electron chi connectivity index (χ1n) is 8.66. The maximum atomic E-state index is 13.4. The Morgan fingerprint density at radius 2 is 2.07 bits per heavy atom. The van der Waals surface area contributed by atoms with E-state index in [9.17, 15) is 9.18 Å². The number of aromatic nitrogens is 1. The molecule has 0 aliphatic heterocycles. The fraction of sp³-hybridized carbons (Fsp3) is 0.250. The quantitative estimate of drug-likeness (QED) is 0.451. The molecule has 0 bridgehead atoms. The molecule has 0 atom stereocenters. The lowest BCUT2D eigenvalue weighted by Gasteiger charge is -2.12. The first kappa shape index (κ1) is 19.0. The lowest BCUT2D eigenvalue weighted by molar-refractivity contribution is 0.102. The van der Waals surface area contributed by atoms with Gasteiger partial charge in [0, 0.05) is 17.0 Å². The molecule has 1 amide bonds. The standard InChI is InChI=1S/C20H21FN4OS/c1-5-12(3)24-25-20-22-16-9-11(2)17(13(4)18(16)27-20)23-19(26)14-7-6-8-15(21)10-14/h6-10H,5H2,1-4H3,(H,22,25)(H,23,26)/b24-12+. The zero-order chi connectivity index (χ0) is 19.6. The third kappa shape index (κ3) is 4.14. The maximum absolute atomic E-state index is 13.4. The summed E-state index contributed by atoms with van der Waals surface area (Å²) >= 11 is 1.48. The molecule has 1 aromatic heterocycles. The number of hydrazone groups is 1. The molecular formula is C20H21FN4OS. The van der Waals surface area contributed by atoms with Crippen LogP contribution in [0, 0.1) is 19.7 Å². The summed E-state index contributed by atoms with van der Waals surface area (Å²) in [6.07, 6.45) is 0.867. The van der Waals surface area contributed by atoms with Gasteiger partial charge in [-0.1, -0.05) is 24.3 Å². The van der Waals surface area contributed by atoms with Crippen molar-refractivity contribution in [2.45, 2.75) is 34.1 Å². The Balaban J connectivity index is 1.93. The minimum Gasteiger partial charge on any atom is -0.321 e. The van der Waals surface area contributed by atoms with Crippen molar-refractivity contribution in [3.05, 3.63) is 52.8 Å². The molecule has 3 aromatic rings. The molecule has 1 heterocycles. The fourth-order valence-electron chi connectivity index (χ4n) is 2.66. The Kier molecular flexibility index (Phi) is 5.51. The average molecular weight is 384 g/mol. The van der Waals surface area contributed by atoms with Crippen LogP contribution in [0.3, 0.4) is 0 Å². The van der Waals surface area contributed by atoms with Gasteiger partial charge < -0.3 is 5.32 Å². The highest BCUT2D eigenvalue weighted by Gasteiger charge is 2.15. The highest BCUT2D eigenvalue weighted by atomic mass is 32.1. The number of thiazole rings is 1. The lowest BCUT2D eigenvalue weighted by Crippen LogP contribution is -2.14. The highest BCUT2D eigenvalue weighted by Crippen LogP contribution is 2.35. The molecule has 0 aliphatic carbocycles. The molecule has 7 heteroatoms. The molecule has 0 saturated heterocycles. The zero-order valence-electron chi connectivity index (χ0n) is 15.7. The summed E-state index contributed by atoms with van der Waals surface area (Å²) in [5, 5.41) is 7.90. The van der Waals surface area contributed by atoms with Gasteiger partial charge in [0.1, 0.15) is 5.82 Å². The van der Waals surface area contributed by atoms with Gasteiger partial charge in [0.2, 0.25) is 5.13 Å². The average Bonchev–Trinajstić information content (AvgIpc) is 3.06. The lowest BCUT2D eigenvalue weighted by atomic mass is 10.1. The number of anilines is 2. The molecule has 0 spiro atoms. The van der Waals surface area contributed by atoms with Crippen LogP contribution < -0.4 is 10.7 Å². The normalized spacial score (nSPS) is 11.7. The second-order valence-corrected chi connectivity index (χ2v) is 7.34. The van der Waals surface area contributed by atoms with E-state index in [-0.39, 0.29) is 11.5 Å². The van der Waals surface area contributed by atoms with Gasteiger partial charge in [-0.15, -0.1) is 0 Å². The summed E-state index contributed by atoms with van der Waals surface area (Å²) in [4.78, 5) is 17.1. The van der Waals surface area contributed by atoms with Gasteiger partial charge in [-0.25, -0.2) is 9.37 Å². The van der Waals surface area contributed by atoms with Crippen molar-refractivity contribution in [1.82, 2.24) is 4.98 Å². The van der Waals surface area contributed by atoms with Gasteiger partial charge in [-0.05, 0) is 62.6 Å². The minimum atomic E-state index is -0.437. The molecule has 0 saturated carbocycles. The van der Waals surface area contributed by atoms with Crippen LogP contribution in [0.2, 0.25) is 0 Å². The molecule has 0 aliphatic rings. The van der Waals surface area contributed by atoms with Crippen LogP contribution in [0.5, 0.6) is 0 Å². The Hall–Kier alpha value is -2.80. The van der Waals surface area contributed by atoms with Crippen molar-refractivity contribution in [2.75, 3.05) is 10.7 Å². The molecule has 0 unspecified atom stereocenters. The van der Waals surface area contributed by atoms with Gasteiger partial charge in [-0.2, -0.15) is 5.10 Å². The number of nitrogens with one attached hydrogen (secondary N) is 2. The van der Waals surface area contributed by atoms with E-state index in [4.69, 9.17) is 0 Å². The van der Waals surface area contributed by atoms with Crippen LogP contribution >= 0.6 is 11.3 Å². The molecule has 2 N–H and O–H groups in total. The number of carbonyl (C=O) groups is 1. The van der Waals surface area contributed by atoms with Gasteiger partial charge in [0.05, 0.1) is 10.2 Å². The summed E-state index contributed by atoms with van der Waals surface area (Å²) in [7, 11) is 0. The predicted molar refractivity (Wildman–Crippen MR) is 110 cm³/mol. The third-order valence-electron chi connectivity index (χ3n) is 4.30. The molecule has 27 heavy (non-hydrogen) atoms. The van der Waals surface area contributed by atoms with E-state index >= 15 is 0 Å². The summed E-state index contributed by atoms with van der Waals surface area (Å²) in [6, 6.07) is 7.58. The van der Waals surface area contributed by atoms with Crippen LogP contribution in [0.4, 0.5) is 15.2 Å². The van der Waals surface area contributed by atoms with E-state index in [1.54, 1.807) is 6.07 Å². The Morgan fingerprint density at radius 1 is 1.30 bits per heavy atom.